The molecule has 0 radical (unpaired) electrons. The van der Waals surface area contributed by atoms with Crippen molar-refractivity contribution in [1.29, 1.82) is 0 Å². The molecule has 1 aromatic heterocycles. The van der Waals surface area contributed by atoms with Gasteiger partial charge in [-0.1, -0.05) is 0 Å². The monoisotopic (exact) mass is 254 g/mol. The number of methoxy groups -OCH3 is 1. The normalized spacial score (nSPS) is 13.5. The van der Waals surface area contributed by atoms with Crippen LogP contribution in [0.2, 0.25) is 0 Å². The van der Waals surface area contributed by atoms with Gasteiger partial charge >= 0.3 is 0 Å². The number of hydrogen-bond donors (Lipinski definition) is 1. The quantitative estimate of drug-likeness (QED) is 0.713. The second-order valence-electron chi connectivity index (χ2n) is 4.93. The molecule has 0 fully saturated rings. The Labute approximate surface area is 110 Å². The molecule has 0 saturated carbocycles. The molecule has 1 unspecified atom stereocenters. The summed E-state index contributed by atoms with van der Waals surface area (Å²) in [5.41, 5.74) is 7.07. The van der Waals surface area contributed by atoms with Crippen molar-refractivity contribution < 1.29 is 4.74 Å². The van der Waals surface area contributed by atoms with Crippen LogP contribution in [0.15, 0.2) is 12.4 Å². The molecule has 1 atom stereocenters. The highest BCUT2D eigenvalue weighted by Crippen LogP contribution is 2.19. The zero-order valence-corrected chi connectivity index (χ0v) is 12.0. The summed E-state index contributed by atoms with van der Waals surface area (Å²) in [4.78, 5) is 2.26. The molecule has 1 heterocycles. The van der Waals surface area contributed by atoms with Gasteiger partial charge in [-0.2, -0.15) is 5.10 Å². The van der Waals surface area contributed by atoms with Gasteiger partial charge in [-0.25, -0.2) is 0 Å². The van der Waals surface area contributed by atoms with Crippen molar-refractivity contribution in [3.63, 3.8) is 0 Å². The summed E-state index contributed by atoms with van der Waals surface area (Å²) >= 11 is 0. The zero-order valence-electron chi connectivity index (χ0n) is 12.0. The first kappa shape index (κ1) is 15.1. The van der Waals surface area contributed by atoms with E-state index in [2.05, 4.69) is 37.1 Å². The molecule has 104 valence electrons. The second-order valence-corrected chi connectivity index (χ2v) is 4.93. The lowest BCUT2D eigenvalue weighted by Crippen LogP contribution is -2.31. The summed E-state index contributed by atoms with van der Waals surface area (Å²) in [6.07, 6.45) is 5.03. The van der Waals surface area contributed by atoms with Gasteiger partial charge in [0.25, 0.3) is 0 Å². The fraction of sp³-hybridized carbons (Fsp3) is 0.769. The molecule has 1 aromatic rings. The summed E-state index contributed by atoms with van der Waals surface area (Å²) in [6, 6.07) is 0.616. The molecule has 0 saturated heterocycles. The molecule has 1 rings (SSSR count). The molecule has 18 heavy (non-hydrogen) atoms. The van der Waals surface area contributed by atoms with E-state index in [0.717, 1.165) is 19.6 Å². The number of nitrogens with zero attached hydrogens (tertiary/aromatic N) is 3. The number of nitrogens with two attached hydrogens (primary N) is 1. The Kier molecular flexibility index (Phi) is 6.32. The van der Waals surface area contributed by atoms with Gasteiger partial charge in [0.1, 0.15) is 0 Å². The Morgan fingerprint density at radius 3 is 2.72 bits per heavy atom. The molecule has 0 spiro atoms. The third-order valence-corrected chi connectivity index (χ3v) is 3.15. The predicted molar refractivity (Wildman–Crippen MR) is 73.5 cm³/mol. The minimum absolute atomic E-state index is 0.231. The molecule has 0 aliphatic heterocycles. The van der Waals surface area contributed by atoms with Crippen LogP contribution in [-0.4, -0.2) is 48.5 Å². The van der Waals surface area contributed by atoms with Crippen molar-refractivity contribution in [2.45, 2.75) is 32.4 Å². The number of likely N-dealkylation sites (N-methyl/N-ethyl adjacent to an activating group) is 1. The number of hydrogen-bond acceptors (Lipinski definition) is 4. The van der Waals surface area contributed by atoms with Crippen LogP contribution in [0, 0.1) is 0 Å². The van der Waals surface area contributed by atoms with Crippen molar-refractivity contribution >= 4 is 0 Å². The molecule has 2 N–H and O–H groups in total. The SMILES string of the molecule is COCCCN(C)C(CN)c1cnn(C(C)C)c1. The summed E-state index contributed by atoms with van der Waals surface area (Å²) in [7, 11) is 3.83. The smallest absolute Gasteiger partial charge is 0.0538 e. The fourth-order valence-electron chi connectivity index (χ4n) is 1.99. The molecule has 5 nitrogen and oxygen atoms in total. The van der Waals surface area contributed by atoms with Crippen LogP contribution in [0.3, 0.4) is 0 Å². The number of aromatic nitrogens is 2. The van der Waals surface area contributed by atoms with E-state index < -0.39 is 0 Å². The zero-order chi connectivity index (χ0) is 13.5. The van der Waals surface area contributed by atoms with Gasteiger partial charge in [-0.3, -0.25) is 9.58 Å². The Morgan fingerprint density at radius 2 is 2.22 bits per heavy atom. The van der Waals surface area contributed by atoms with Gasteiger partial charge in [-0.15, -0.1) is 0 Å². The third kappa shape index (κ3) is 4.08. The van der Waals surface area contributed by atoms with E-state index in [9.17, 15) is 0 Å². The van der Waals surface area contributed by atoms with Gasteiger partial charge in [0, 0.05) is 50.7 Å². The Morgan fingerprint density at radius 1 is 1.50 bits per heavy atom. The van der Waals surface area contributed by atoms with Crippen molar-refractivity contribution in [3.05, 3.63) is 18.0 Å². The lowest BCUT2D eigenvalue weighted by Gasteiger charge is -2.26. The summed E-state index contributed by atoms with van der Waals surface area (Å²) in [5, 5.41) is 4.37. The minimum atomic E-state index is 0.231. The van der Waals surface area contributed by atoms with Crippen molar-refractivity contribution in [2.75, 3.05) is 33.9 Å². The van der Waals surface area contributed by atoms with Crippen LogP contribution >= 0.6 is 0 Å². The van der Waals surface area contributed by atoms with E-state index in [4.69, 9.17) is 10.5 Å². The fourth-order valence-corrected chi connectivity index (χ4v) is 1.99. The molecular weight excluding hydrogens is 228 g/mol. The van der Waals surface area contributed by atoms with E-state index in [1.165, 1.54) is 5.56 Å². The van der Waals surface area contributed by atoms with Crippen molar-refractivity contribution in [3.8, 4) is 0 Å². The second kappa shape index (κ2) is 7.51. The highest BCUT2D eigenvalue weighted by atomic mass is 16.5. The van der Waals surface area contributed by atoms with E-state index in [0.29, 0.717) is 12.6 Å². The first-order valence-electron chi connectivity index (χ1n) is 6.53. The molecule has 0 aliphatic rings. The first-order chi connectivity index (χ1) is 8.60. The van der Waals surface area contributed by atoms with Crippen LogP contribution in [0.5, 0.6) is 0 Å². The summed E-state index contributed by atoms with van der Waals surface area (Å²) in [5.74, 6) is 0. The van der Waals surface area contributed by atoms with Crippen molar-refractivity contribution in [2.24, 2.45) is 5.73 Å². The average Bonchev–Trinajstić information content (AvgIpc) is 2.80. The van der Waals surface area contributed by atoms with Crippen LogP contribution < -0.4 is 5.73 Å². The Bertz CT molecular complexity index is 337. The molecular formula is C13H26N4O. The third-order valence-electron chi connectivity index (χ3n) is 3.15. The van der Waals surface area contributed by atoms with Gasteiger partial charge in [0.15, 0.2) is 0 Å². The lowest BCUT2D eigenvalue weighted by molar-refractivity contribution is 0.166. The van der Waals surface area contributed by atoms with E-state index in [1.54, 1.807) is 7.11 Å². The highest BCUT2D eigenvalue weighted by Gasteiger charge is 2.17. The van der Waals surface area contributed by atoms with Crippen molar-refractivity contribution in [1.82, 2.24) is 14.7 Å². The van der Waals surface area contributed by atoms with Gasteiger partial charge < -0.3 is 10.5 Å². The standard InChI is InChI=1S/C13H26N4O/c1-11(2)17-10-12(9-15-17)13(8-14)16(3)6-5-7-18-4/h9-11,13H,5-8,14H2,1-4H3. The van der Waals surface area contributed by atoms with E-state index in [-0.39, 0.29) is 6.04 Å². The maximum atomic E-state index is 5.89. The van der Waals surface area contributed by atoms with Crippen LogP contribution in [-0.2, 0) is 4.74 Å². The summed E-state index contributed by atoms with van der Waals surface area (Å²) < 4.78 is 7.05. The maximum absolute atomic E-state index is 5.89. The summed E-state index contributed by atoms with van der Waals surface area (Å²) in [6.45, 7) is 6.61. The lowest BCUT2D eigenvalue weighted by atomic mass is 10.1. The Hall–Kier alpha value is -0.910. The maximum Gasteiger partial charge on any atom is 0.0538 e. The highest BCUT2D eigenvalue weighted by molar-refractivity contribution is 5.11. The predicted octanol–water partition coefficient (Wildman–Crippen LogP) is 1.43. The largest absolute Gasteiger partial charge is 0.385 e. The van der Waals surface area contributed by atoms with Gasteiger partial charge in [-0.05, 0) is 27.3 Å². The molecule has 0 aliphatic carbocycles. The van der Waals surface area contributed by atoms with E-state index in [1.807, 2.05) is 10.9 Å². The average molecular weight is 254 g/mol. The number of rotatable bonds is 8. The van der Waals surface area contributed by atoms with Gasteiger partial charge in [0.2, 0.25) is 0 Å². The molecule has 5 heteroatoms. The molecule has 0 amide bonds. The van der Waals surface area contributed by atoms with Crippen LogP contribution in [0.1, 0.15) is 37.9 Å². The molecule has 0 bridgehead atoms. The van der Waals surface area contributed by atoms with Gasteiger partial charge in [0.05, 0.1) is 6.20 Å². The van der Waals surface area contributed by atoms with E-state index >= 15 is 0 Å². The van der Waals surface area contributed by atoms with Crippen LogP contribution in [0.25, 0.3) is 0 Å². The topological polar surface area (TPSA) is 56.3 Å². The minimum Gasteiger partial charge on any atom is -0.385 e. The number of ether oxygens (including phenoxy) is 1. The van der Waals surface area contributed by atoms with Crippen LogP contribution in [0.4, 0.5) is 0 Å². The first-order valence-corrected chi connectivity index (χ1v) is 6.53. The Balaban J connectivity index is 2.63. The molecule has 0 aromatic carbocycles.